The van der Waals surface area contributed by atoms with Crippen molar-refractivity contribution in [3.63, 3.8) is 0 Å². The molecule has 1 saturated heterocycles. The highest BCUT2D eigenvalue weighted by molar-refractivity contribution is 5.48. The van der Waals surface area contributed by atoms with Crippen molar-refractivity contribution in [3.05, 3.63) is 0 Å². The van der Waals surface area contributed by atoms with E-state index >= 15 is 0 Å². The van der Waals surface area contributed by atoms with E-state index in [0.717, 1.165) is 18.9 Å². The van der Waals surface area contributed by atoms with Gasteiger partial charge in [-0.2, -0.15) is 0 Å². The number of amides is 1. The minimum absolute atomic E-state index is 0.612. The first kappa shape index (κ1) is 7.14. The zero-order valence-corrected chi connectivity index (χ0v) is 6.83. The van der Waals surface area contributed by atoms with Gasteiger partial charge >= 0.3 is 0 Å². The molecule has 2 rings (SSSR count). The Balaban J connectivity index is 2.03. The number of fused-ring (bicyclic) bond motifs is 1. The van der Waals surface area contributed by atoms with Gasteiger partial charge in [0.1, 0.15) is 0 Å². The SMILES string of the molecule is O=CN1CCC2CCCCC21. The van der Waals surface area contributed by atoms with Crippen LogP contribution in [0, 0.1) is 5.92 Å². The van der Waals surface area contributed by atoms with Crippen LogP contribution in [0.3, 0.4) is 0 Å². The van der Waals surface area contributed by atoms with E-state index in [1.165, 1.54) is 32.1 Å². The van der Waals surface area contributed by atoms with Crippen LogP contribution in [-0.4, -0.2) is 23.9 Å². The molecule has 2 nitrogen and oxygen atoms in total. The first-order valence-electron chi connectivity index (χ1n) is 4.63. The van der Waals surface area contributed by atoms with Crippen molar-refractivity contribution in [2.45, 2.75) is 38.1 Å². The summed E-state index contributed by atoms with van der Waals surface area (Å²) in [6.07, 6.45) is 7.61. The van der Waals surface area contributed by atoms with Gasteiger partial charge < -0.3 is 4.90 Å². The molecule has 0 spiro atoms. The van der Waals surface area contributed by atoms with Crippen LogP contribution in [-0.2, 0) is 4.79 Å². The van der Waals surface area contributed by atoms with E-state index in [1.807, 2.05) is 4.90 Å². The van der Waals surface area contributed by atoms with Crippen LogP contribution in [0.5, 0.6) is 0 Å². The third-order valence-electron chi connectivity index (χ3n) is 3.19. The van der Waals surface area contributed by atoms with Crippen molar-refractivity contribution in [3.8, 4) is 0 Å². The van der Waals surface area contributed by atoms with Crippen LogP contribution >= 0.6 is 0 Å². The summed E-state index contributed by atoms with van der Waals surface area (Å²) in [5.41, 5.74) is 0. The normalized spacial score (nSPS) is 36.9. The summed E-state index contributed by atoms with van der Waals surface area (Å²) in [5, 5.41) is 0. The van der Waals surface area contributed by atoms with E-state index in [-0.39, 0.29) is 0 Å². The van der Waals surface area contributed by atoms with Gasteiger partial charge in [0, 0.05) is 12.6 Å². The quantitative estimate of drug-likeness (QED) is 0.521. The molecule has 2 atom stereocenters. The number of likely N-dealkylation sites (tertiary alicyclic amines) is 1. The summed E-state index contributed by atoms with van der Waals surface area (Å²) >= 11 is 0. The zero-order valence-electron chi connectivity index (χ0n) is 6.83. The van der Waals surface area contributed by atoms with Gasteiger partial charge in [0.15, 0.2) is 0 Å². The third-order valence-corrected chi connectivity index (χ3v) is 3.19. The average molecular weight is 153 g/mol. The molecule has 1 aliphatic heterocycles. The molecule has 0 bridgehead atoms. The third kappa shape index (κ3) is 1.15. The van der Waals surface area contributed by atoms with E-state index in [4.69, 9.17) is 0 Å². The summed E-state index contributed by atoms with van der Waals surface area (Å²) < 4.78 is 0. The molecule has 1 aliphatic carbocycles. The van der Waals surface area contributed by atoms with Crippen LogP contribution < -0.4 is 0 Å². The Hall–Kier alpha value is -0.530. The molecular weight excluding hydrogens is 138 g/mol. The lowest BCUT2D eigenvalue weighted by molar-refractivity contribution is -0.119. The molecule has 62 valence electrons. The Morgan fingerprint density at radius 1 is 1.18 bits per heavy atom. The van der Waals surface area contributed by atoms with Crippen LogP contribution in [0.2, 0.25) is 0 Å². The maximum Gasteiger partial charge on any atom is 0.209 e. The smallest absolute Gasteiger partial charge is 0.209 e. The lowest BCUT2D eigenvalue weighted by atomic mass is 9.85. The molecule has 1 heterocycles. The van der Waals surface area contributed by atoms with Gasteiger partial charge in [0.05, 0.1) is 0 Å². The van der Waals surface area contributed by atoms with E-state index in [9.17, 15) is 4.79 Å². The van der Waals surface area contributed by atoms with Gasteiger partial charge in [0.25, 0.3) is 0 Å². The fourth-order valence-electron chi connectivity index (χ4n) is 2.57. The van der Waals surface area contributed by atoms with Gasteiger partial charge in [-0.05, 0) is 25.2 Å². The van der Waals surface area contributed by atoms with Gasteiger partial charge in [-0.25, -0.2) is 0 Å². The van der Waals surface area contributed by atoms with Crippen molar-refractivity contribution in [2.24, 2.45) is 5.92 Å². The Kier molecular flexibility index (Phi) is 1.84. The first-order chi connectivity index (χ1) is 5.42. The van der Waals surface area contributed by atoms with Gasteiger partial charge in [-0.1, -0.05) is 12.8 Å². The lowest BCUT2D eigenvalue weighted by Gasteiger charge is -2.28. The number of rotatable bonds is 1. The monoisotopic (exact) mass is 153 g/mol. The molecule has 1 amide bonds. The Labute approximate surface area is 67.6 Å². The molecule has 2 fully saturated rings. The molecular formula is C9H15NO. The Morgan fingerprint density at radius 2 is 2.00 bits per heavy atom. The molecule has 0 aromatic carbocycles. The topological polar surface area (TPSA) is 20.3 Å². The van der Waals surface area contributed by atoms with Crippen LogP contribution in [0.1, 0.15) is 32.1 Å². The molecule has 1 saturated carbocycles. The average Bonchev–Trinajstić information content (AvgIpc) is 2.47. The molecule has 11 heavy (non-hydrogen) atoms. The van der Waals surface area contributed by atoms with Crippen molar-refractivity contribution in [1.82, 2.24) is 4.90 Å². The summed E-state index contributed by atoms with van der Waals surface area (Å²) in [6, 6.07) is 0.612. The number of carbonyl (C=O) groups excluding carboxylic acids is 1. The fourth-order valence-corrected chi connectivity index (χ4v) is 2.57. The van der Waals surface area contributed by atoms with E-state index in [0.29, 0.717) is 6.04 Å². The predicted octanol–water partition coefficient (Wildman–Crippen LogP) is 1.41. The van der Waals surface area contributed by atoms with E-state index < -0.39 is 0 Å². The van der Waals surface area contributed by atoms with Gasteiger partial charge in [0.2, 0.25) is 6.41 Å². The largest absolute Gasteiger partial charge is 0.342 e. The Morgan fingerprint density at radius 3 is 2.82 bits per heavy atom. The highest BCUT2D eigenvalue weighted by Gasteiger charge is 2.34. The predicted molar refractivity (Wildman–Crippen MR) is 43.1 cm³/mol. The number of hydrogen-bond acceptors (Lipinski definition) is 1. The molecule has 2 unspecified atom stereocenters. The molecule has 0 aromatic rings. The lowest BCUT2D eigenvalue weighted by Crippen LogP contribution is -2.33. The van der Waals surface area contributed by atoms with E-state index in [1.54, 1.807) is 0 Å². The summed E-state index contributed by atoms with van der Waals surface area (Å²) in [7, 11) is 0. The molecule has 0 N–H and O–H groups in total. The Bertz CT molecular complexity index is 158. The zero-order chi connectivity index (χ0) is 7.68. The van der Waals surface area contributed by atoms with Crippen molar-refractivity contribution < 1.29 is 4.79 Å². The highest BCUT2D eigenvalue weighted by atomic mass is 16.1. The van der Waals surface area contributed by atoms with Crippen molar-refractivity contribution in [2.75, 3.05) is 6.54 Å². The minimum Gasteiger partial charge on any atom is -0.342 e. The fraction of sp³-hybridized carbons (Fsp3) is 0.889. The second kappa shape index (κ2) is 2.84. The van der Waals surface area contributed by atoms with Crippen LogP contribution in [0.25, 0.3) is 0 Å². The second-order valence-corrected chi connectivity index (χ2v) is 3.74. The van der Waals surface area contributed by atoms with Gasteiger partial charge in [-0.15, -0.1) is 0 Å². The standard InChI is InChI=1S/C9H15NO/c11-7-10-6-5-8-3-1-2-4-9(8)10/h7-9H,1-6H2. The highest BCUT2D eigenvalue weighted by Crippen LogP contribution is 2.34. The first-order valence-corrected chi connectivity index (χ1v) is 4.63. The van der Waals surface area contributed by atoms with Crippen molar-refractivity contribution >= 4 is 6.41 Å². The maximum atomic E-state index is 10.6. The van der Waals surface area contributed by atoms with Crippen LogP contribution in [0.4, 0.5) is 0 Å². The molecule has 2 aliphatic rings. The van der Waals surface area contributed by atoms with Crippen LogP contribution in [0.15, 0.2) is 0 Å². The number of carbonyl (C=O) groups is 1. The number of nitrogens with zero attached hydrogens (tertiary/aromatic N) is 1. The molecule has 0 radical (unpaired) electrons. The van der Waals surface area contributed by atoms with E-state index in [2.05, 4.69) is 0 Å². The minimum atomic E-state index is 0.612. The number of hydrogen-bond donors (Lipinski definition) is 0. The van der Waals surface area contributed by atoms with Gasteiger partial charge in [-0.3, -0.25) is 4.79 Å². The summed E-state index contributed by atoms with van der Waals surface area (Å²) in [5.74, 6) is 0.842. The maximum absolute atomic E-state index is 10.6. The molecule has 2 heteroatoms. The molecule has 0 aromatic heterocycles. The van der Waals surface area contributed by atoms with Crippen molar-refractivity contribution in [1.29, 1.82) is 0 Å². The second-order valence-electron chi connectivity index (χ2n) is 3.74. The summed E-state index contributed by atoms with van der Waals surface area (Å²) in [4.78, 5) is 12.6. The summed E-state index contributed by atoms with van der Waals surface area (Å²) in [6.45, 7) is 1.01.